The number of fused-ring (bicyclic) bond motifs is 1. The van der Waals surface area contributed by atoms with E-state index in [9.17, 15) is 9.90 Å². The highest BCUT2D eigenvalue weighted by Gasteiger charge is 2.31. The lowest BCUT2D eigenvalue weighted by atomic mass is 9.93. The van der Waals surface area contributed by atoms with Crippen LogP contribution in [0, 0.1) is 0 Å². The average molecular weight is 346 g/mol. The number of aliphatic carboxylic acids is 1. The van der Waals surface area contributed by atoms with Crippen LogP contribution in [0.15, 0.2) is 53.0 Å². The van der Waals surface area contributed by atoms with Crippen LogP contribution in [0.3, 0.4) is 0 Å². The van der Waals surface area contributed by atoms with Crippen LogP contribution >= 0.6 is 15.9 Å². The maximum atomic E-state index is 11.6. The SMILES string of the molecule is O=C(O)[C@@H]1Cc2ccccc2CN1Cc1ccc(Br)cc1. The zero-order chi connectivity index (χ0) is 14.8. The van der Waals surface area contributed by atoms with Gasteiger partial charge in [-0.3, -0.25) is 9.69 Å². The highest BCUT2D eigenvalue weighted by Crippen LogP contribution is 2.25. The van der Waals surface area contributed by atoms with Crippen LogP contribution in [0.1, 0.15) is 16.7 Å². The summed E-state index contributed by atoms with van der Waals surface area (Å²) in [6.45, 7) is 1.34. The quantitative estimate of drug-likeness (QED) is 0.925. The van der Waals surface area contributed by atoms with Gasteiger partial charge < -0.3 is 5.11 Å². The molecule has 0 bridgehead atoms. The molecule has 0 unspecified atom stereocenters. The highest BCUT2D eigenvalue weighted by atomic mass is 79.9. The van der Waals surface area contributed by atoms with Gasteiger partial charge in [-0.1, -0.05) is 52.3 Å². The van der Waals surface area contributed by atoms with E-state index >= 15 is 0 Å². The van der Waals surface area contributed by atoms with Crippen LogP contribution in [0.25, 0.3) is 0 Å². The molecule has 1 aliphatic rings. The molecule has 3 rings (SSSR count). The van der Waals surface area contributed by atoms with Crippen LogP contribution in [-0.4, -0.2) is 22.0 Å². The Morgan fingerprint density at radius 1 is 1.14 bits per heavy atom. The van der Waals surface area contributed by atoms with Crippen molar-refractivity contribution in [2.75, 3.05) is 0 Å². The number of rotatable bonds is 3. The van der Waals surface area contributed by atoms with Gasteiger partial charge in [-0.15, -0.1) is 0 Å². The molecule has 3 nitrogen and oxygen atoms in total. The second-order valence-corrected chi connectivity index (χ2v) is 6.27. The van der Waals surface area contributed by atoms with Crippen LogP contribution in [0.5, 0.6) is 0 Å². The molecule has 0 saturated carbocycles. The lowest BCUT2D eigenvalue weighted by Gasteiger charge is -2.34. The van der Waals surface area contributed by atoms with Gasteiger partial charge in [0.15, 0.2) is 0 Å². The van der Waals surface area contributed by atoms with Gasteiger partial charge in [0.2, 0.25) is 0 Å². The molecule has 4 heteroatoms. The normalized spacial score (nSPS) is 18.2. The van der Waals surface area contributed by atoms with E-state index in [2.05, 4.69) is 22.0 Å². The first-order chi connectivity index (χ1) is 10.1. The Morgan fingerprint density at radius 3 is 2.48 bits per heavy atom. The number of carboxylic acids is 1. The molecular weight excluding hydrogens is 330 g/mol. The molecule has 0 aromatic heterocycles. The summed E-state index contributed by atoms with van der Waals surface area (Å²) in [7, 11) is 0. The number of carboxylic acid groups (broad SMARTS) is 1. The predicted octanol–water partition coefficient (Wildman–Crippen LogP) is 3.46. The largest absolute Gasteiger partial charge is 0.480 e. The molecule has 0 radical (unpaired) electrons. The fourth-order valence-electron chi connectivity index (χ4n) is 2.81. The minimum absolute atomic E-state index is 0.455. The van der Waals surface area contributed by atoms with Crippen molar-refractivity contribution in [2.24, 2.45) is 0 Å². The second kappa shape index (κ2) is 6.00. The van der Waals surface area contributed by atoms with E-state index in [0.717, 1.165) is 15.6 Å². The number of nitrogens with zero attached hydrogens (tertiary/aromatic N) is 1. The van der Waals surface area contributed by atoms with E-state index < -0.39 is 12.0 Å². The molecule has 0 fully saturated rings. The maximum Gasteiger partial charge on any atom is 0.321 e. The Kier molecular flexibility index (Phi) is 4.08. The third-order valence-corrected chi connectivity index (χ3v) is 4.46. The van der Waals surface area contributed by atoms with Crippen LogP contribution in [0.4, 0.5) is 0 Å². The summed E-state index contributed by atoms with van der Waals surface area (Å²) >= 11 is 3.42. The Balaban J connectivity index is 1.85. The van der Waals surface area contributed by atoms with E-state index in [1.807, 2.05) is 47.4 Å². The van der Waals surface area contributed by atoms with Crippen molar-refractivity contribution in [2.45, 2.75) is 25.6 Å². The van der Waals surface area contributed by atoms with E-state index in [0.29, 0.717) is 19.5 Å². The third-order valence-electron chi connectivity index (χ3n) is 3.93. The fourth-order valence-corrected chi connectivity index (χ4v) is 3.08. The van der Waals surface area contributed by atoms with E-state index in [1.54, 1.807) is 0 Å². The monoisotopic (exact) mass is 345 g/mol. The molecule has 1 atom stereocenters. The number of carbonyl (C=O) groups is 1. The van der Waals surface area contributed by atoms with Crippen molar-refractivity contribution >= 4 is 21.9 Å². The van der Waals surface area contributed by atoms with Crippen LogP contribution in [0.2, 0.25) is 0 Å². The summed E-state index contributed by atoms with van der Waals surface area (Å²) in [6.07, 6.45) is 0.571. The first-order valence-corrected chi connectivity index (χ1v) is 7.71. The Hall–Kier alpha value is -1.65. The van der Waals surface area contributed by atoms with Crippen molar-refractivity contribution in [1.29, 1.82) is 0 Å². The van der Waals surface area contributed by atoms with Gasteiger partial charge in [-0.2, -0.15) is 0 Å². The van der Waals surface area contributed by atoms with Gasteiger partial charge in [0.05, 0.1) is 0 Å². The second-order valence-electron chi connectivity index (χ2n) is 5.36. The van der Waals surface area contributed by atoms with Crippen LogP contribution < -0.4 is 0 Å². The fraction of sp³-hybridized carbons (Fsp3) is 0.235. The molecule has 108 valence electrons. The molecule has 1 aliphatic heterocycles. The average Bonchev–Trinajstić information content (AvgIpc) is 2.48. The highest BCUT2D eigenvalue weighted by molar-refractivity contribution is 9.10. The van der Waals surface area contributed by atoms with E-state index in [1.165, 1.54) is 5.56 Å². The number of halogens is 1. The van der Waals surface area contributed by atoms with Crippen molar-refractivity contribution in [3.63, 3.8) is 0 Å². The summed E-state index contributed by atoms with van der Waals surface area (Å²) < 4.78 is 1.03. The minimum atomic E-state index is -0.749. The van der Waals surface area contributed by atoms with Gasteiger partial charge in [-0.25, -0.2) is 0 Å². The minimum Gasteiger partial charge on any atom is -0.480 e. The van der Waals surface area contributed by atoms with Crippen molar-refractivity contribution in [1.82, 2.24) is 4.90 Å². The zero-order valence-electron chi connectivity index (χ0n) is 11.5. The molecule has 2 aromatic rings. The maximum absolute atomic E-state index is 11.6. The van der Waals surface area contributed by atoms with Crippen molar-refractivity contribution in [3.05, 3.63) is 69.7 Å². The smallest absolute Gasteiger partial charge is 0.321 e. The molecule has 2 aromatic carbocycles. The van der Waals surface area contributed by atoms with Gasteiger partial charge in [0.1, 0.15) is 6.04 Å². The van der Waals surface area contributed by atoms with Gasteiger partial charge in [0.25, 0.3) is 0 Å². The lowest BCUT2D eigenvalue weighted by Crippen LogP contribution is -2.44. The van der Waals surface area contributed by atoms with E-state index in [-0.39, 0.29) is 0 Å². The number of benzene rings is 2. The standard InChI is InChI=1S/C17H16BrNO2/c18-15-7-5-12(6-8-15)10-19-11-14-4-2-1-3-13(14)9-16(19)17(20)21/h1-8,16H,9-11H2,(H,20,21)/t16-/m0/s1. The zero-order valence-corrected chi connectivity index (χ0v) is 13.1. The summed E-state index contributed by atoms with van der Waals surface area (Å²) in [5.74, 6) is -0.749. The Labute approximate surface area is 132 Å². The van der Waals surface area contributed by atoms with Gasteiger partial charge >= 0.3 is 5.97 Å². The third kappa shape index (κ3) is 3.17. The molecular formula is C17H16BrNO2. The van der Waals surface area contributed by atoms with E-state index in [4.69, 9.17) is 0 Å². The molecule has 0 aliphatic carbocycles. The van der Waals surface area contributed by atoms with Crippen molar-refractivity contribution < 1.29 is 9.90 Å². The molecule has 1 heterocycles. The van der Waals surface area contributed by atoms with Crippen molar-refractivity contribution in [3.8, 4) is 0 Å². The topological polar surface area (TPSA) is 40.5 Å². The Morgan fingerprint density at radius 2 is 1.81 bits per heavy atom. The summed E-state index contributed by atoms with van der Waals surface area (Å²) in [6, 6.07) is 15.7. The summed E-state index contributed by atoms with van der Waals surface area (Å²) in [4.78, 5) is 13.6. The molecule has 0 amide bonds. The number of hydrogen-bond donors (Lipinski definition) is 1. The summed E-state index contributed by atoms with van der Waals surface area (Å²) in [5.41, 5.74) is 3.51. The van der Waals surface area contributed by atoms with Crippen LogP contribution in [-0.2, 0) is 24.3 Å². The number of hydrogen-bond acceptors (Lipinski definition) is 2. The first-order valence-electron chi connectivity index (χ1n) is 6.91. The Bertz CT molecular complexity index is 654. The van der Waals surface area contributed by atoms with Gasteiger partial charge in [-0.05, 0) is 35.2 Å². The molecule has 21 heavy (non-hydrogen) atoms. The first kappa shape index (κ1) is 14.3. The molecule has 0 saturated heterocycles. The summed E-state index contributed by atoms with van der Waals surface area (Å²) in [5, 5.41) is 9.51. The molecule has 1 N–H and O–H groups in total. The van der Waals surface area contributed by atoms with Gasteiger partial charge in [0, 0.05) is 17.6 Å². The predicted molar refractivity (Wildman–Crippen MR) is 85.0 cm³/mol. The lowest BCUT2D eigenvalue weighted by molar-refractivity contribution is -0.144. The molecule has 0 spiro atoms.